The topological polar surface area (TPSA) is 81.7 Å². The summed E-state index contributed by atoms with van der Waals surface area (Å²) in [5.74, 6) is -0.0947. The van der Waals surface area contributed by atoms with Gasteiger partial charge in [0.1, 0.15) is 18.5 Å². The summed E-state index contributed by atoms with van der Waals surface area (Å²) in [7, 11) is 0. The maximum atomic E-state index is 14.0. The van der Waals surface area contributed by atoms with Gasteiger partial charge in [-0.15, -0.1) is 0 Å². The SMILES string of the molecule is O=C(c1ccncc1F)N1Cc2nccn2CC(Cn2cncn2)C1. The van der Waals surface area contributed by atoms with Crippen molar-refractivity contribution in [3.05, 3.63) is 60.7 Å². The van der Waals surface area contributed by atoms with E-state index in [0.717, 1.165) is 12.0 Å². The van der Waals surface area contributed by atoms with Crippen molar-refractivity contribution in [3.8, 4) is 0 Å². The predicted octanol–water partition coefficient (Wildman–Crippen LogP) is 0.981. The first-order valence-corrected chi connectivity index (χ1v) is 7.92. The van der Waals surface area contributed by atoms with Gasteiger partial charge in [0.15, 0.2) is 5.82 Å². The van der Waals surface area contributed by atoms with Gasteiger partial charge < -0.3 is 9.47 Å². The zero-order chi connectivity index (χ0) is 17.2. The molecular formula is C16H16FN7O. The molecule has 4 heterocycles. The van der Waals surface area contributed by atoms with Crippen LogP contribution in [0.4, 0.5) is 4.39 Å². The molecule has 128 valence electrons. The van der Waals surface area contributed by atoms with Crippen molar-refractivity contribution in [1.29, 1.82) is 0 Å². The van der Waals surface area contributed by atoms with Gasteiger partial charge in [-0.05, 0) is 6.07 Å². The Kier molecular flexibility index (Phi) is 3.96. The van der Waals surface area contributed by atoms with Crippen molar-refractivity contribution in [2.45, 2.75) is 19.6 Å². The summed E-state index contributed by atoms with van der Waals surface area (Å²) in [4.78, 5) is 26.5. The summed E-state index contributed by atoms with van der Waals surface area (Å²) in [5.41, 5.74) is 0.0227. The quantitative estimate of drug-likeness (QED) is 0.709. The van der Waals surface area contributed by atoms with Gasteiger partial charge in [-0.3, -0.25) is 14.5 Å². The zero-order valence-corrected chi connectivity index (χ0v) is 13.4. The molecule has 1 unspecified atom stereocenters. The number of hydrogen-bond donors (Lipinski definition) is 0. The Morgan fingerprint density at radius 3 is 3.00 bits per heavy atom. The van der Waals surface area contributed by atoms with Crippen LogP contribution < -0.4 is 0 Å². The van der Waals surface area contributed by atoms with Crippen LogP contribution in [0.3, 0.4) is 0 Å². The third-order valence-corrected chi connectivity index (χ3v) is 4.27. The monoisotopic (exact) mass is 341 g/mol. The molecule has 0 radical (unpaired) electrons. The molecule has 1 aliphatic rings. The Hall–Kier alpha value is -3.10. The average Bonchev–Trinajstić information content (AvgIpc) is 3.23. The van der Waals surface area contributed by atoms with Gasteiger partial charge in [-0.25, -0.2) is 14.4 Å². The summed E-state index contributed by atoms with van der Waals surface area (Å²) in [5, 5.41) is 4.14. The first-order valence-electron chi connectivity index (χ1n) is 7.92. The van der Waals surface area contributed by atoms with Crippen LogP contribution in [0, 0.1) is 11.7 Å². The van der Waals surface area contributed by atoms with Crippen LogP contribution in [-0.2, 0) is 19.6 Å². The van der Waals surface area contributed by atoms with Crippen LogP contribution in [0.1, 0.15) is 16.2 Å². The standard InChI is InChI=1S/C16H16FN7O/c17-14-5-18-2-1-13(14)16(25)23-7-12(8-24-11-19-10-21-24)6-22-4-3-20-15(22)9-23/h1-5,10-12H,6-9H2. The molecule has 1 atom stereocenters. The first-order chi connectivity index (χ1) is 12.2. The predicted molar refractivity (Wildman–Crippen MR) is 84.7 cm³/mol. The number of carbonyl (C=O) groups excluding carboxylic acids is 1. The van der Waals surface area contributed by atoms with Gasteiger partial charge in [0.05, 0.1) is 18.3 Å². The Morgan fingerprint density at radius 1 is 1.28 bits per heavy atom. The van der Waals surface area contributed by atoms with Crippen molar-refractivity contribution < 1.29 is 9.18 Å². The molecule has 1 amide bonds. The van der Waals surface area contributed by atoms with E-state index in [1.165, 1.54) is 18.6 Å². The molecule has 4 rings (SSSR count). The van der Waals surface area contributed by atoms with Crippen molar-refractivity contribution in [2.24, 2.45) is 5.92 Å². The molecule has 0 spiro atoms. The summed E-state index contributed by atoms with van der Waals surface area (Å²) >= 11 is 0. The fourth-order valence-corrected chi connectivity index (χ4v) is 3.12. The number of pyridine rings is 1. The van der Waals surface area contributed by atoms with E-state index in [1.54, 1.807) is 22.1 Å². The fourth-order valence-electron chi connectivity index (χ4n) is 3.12. The molecule has 0 fully saturated rings. The second-order valence-electron chi connectivity index (χ2n) is 6.02. The van der Waals surface area contributed by atoms with E-state index in [4.69, 9.17) is 0 Å². The number of nitrogens with zero attached hydrogens (tertiary/aromatic N) is 7. The second-order valence-corrected chi connectivity index (χ2v) is 6.02. The molecule has 9 heteroatoms. The van der Waals surface area contributed by atoms with Crippen molar-refractivity contribution in [3.63, 3.8) is 0 Å². The number of rotatable bonds is 3. The molecular weight excluding hydrogens is 325 g/mol. The molecule has 1 aliphatic heterocycles. The van der Waals surface area contributed by atoms with Crippen LogP contribution >= 0.6 is 0 Å². The normalized spacial score (nSPS) is 17.2. The van der Waals surface area contributed by atoms with Gasteiger partial charge in [0, 0.05) is 44.1 Å². The molecule has 0 aliphatic carbocycles. The van der Waals surface area contributed by atoms with E-state index in [0.29, 0.717) is 26.2 Å². The highest BCUT2D eigenvalue weighted by Gasteiger charge is 2.28. The Morgan fingerprint density at radius 2 is 2.20 bits per heavy atom. The minimum absolute atomic E-state index is 0.0227. The number of imidazole rings is 1. The molecule has 25 heavy (non-hydrogen) atoms. The van der Waals surface area contributed by atoms with E-state index in [1.807, 2.05) is 10.8 Å². The minimum atomic E-state index is -0.618. The largest absolute Gasteiger partial charge is 0.333 e. The van der Waals surface area contributed by atoms with Crippen LogP contribution in [0.5, 0.6) is 0 Å². The van der Waals surface area contributed by atoms with Gasteiger partial charge in [0.2, 0.25) is 0 Å². The van der Waals surface area contributed by atoms with Crippen molar-refractivity contribution in [1.82, 2.24) is 34.2 Å². The molecule has 8 nitrogen and oxygen atoms in total. The van der Waals surface area contributed by atoms with E-state index in [-0.39, 0.29) is 17.4 Å². The number of amides is 1. The van der Waals surface area contributed by atoms with Gasteiger partial charge in [-0.1, -0.05) is 0 Å². The molecule has 3 aromatic rings. The lowest BCUT2D eigenvalue weighted by atomic mass is 10.1. The third-order valence-electron chi connectivity index (χ3n) is 4.27. The highest BCUT2D eigenvalue weighted by molar-refractivity contribution is 5.94. The second kappa shape index (κ2) is 6.42. The van der Waals surface area contributed by atoms with E-state index in [2.05, 4.69) is 20.1 Å². The highest BCUT2D eigenvalue weighted by Crippen LogP contribution is 2.19. The number of halogens is 1. The fraction of sp³-hybridized carbons (Fsp3) is 0.312. The Balaban J connectivity index is 1.62. The number of aromatic nitrogens is 6. The van der Waals surface area contributed by atoms with Crippen molar-refractivity contribution >= 4 is 5.91 Å². The maximum Gasteiger partial charge on any atom is 0.257 e. The number of hydrogen-bond acceptors (Lipinski definition) is 5. The maximum absolute atomic E-state index is 14.0. The first kappa shape index (κ1) is 15.4. The van der Waals surface area contributed by atoms with Gasteiger partial charge in [0.25, 0.3) is 5.91 Å². The van der Waals surface area contributed by atoms with E-state index in [9.17, 15) is 9.18 Å². The van der Waals surface area contributed by atoms with E-state index < -0.39 is 5.82 Å². The Labute approximate surface area is 143 Å². The van der Waals surface area contributed by atoms with E-state index >= 15 is 0 Å². The minimum Gasteiger partial charge on any atom is -0.333 e. The number of fused-ring (bicyclic) bond motifs is 1. The summed E-state index contributed by atoms with van der Waals surface area (Å²) in [6, 6.07) is 1.40. The summed E-state index contributed by atoms with van der Waals surface area (Å²) in [6.45, 7) is 2.13. The summed E-state index contributed by atoms with van der Waals surface area (Å²) in [6.07, 6.45) is 9.21. The Bertz CT molecular complexity index is 876. The highest BCUT2D eigenvalue weighted by atomic mass is 19.1. The van der Waals surface area contributed by atoms with Gasteiger partial charge >= 0.3 is 0 Å². The average molecular weight is 341 g/mol. The molecule has 0 bridgehead atoms. The van der Waals surface area contributed by atoms with Crippen LogP contribution in [0.15, 0.2) is 43.5 Å². The van der Waals surface area contributed by atoms with Crippen LogP contribution in [0.25, 0.3) is 0 Å². The van der Waals surface area contributed by atoms with Crippen LogP contribution in [0.2, 0.25) is 0 Å². The molecule has 0 N–H and O–H groups in total. The lowest BCUT2D eigenvalue weighted by Crippen LogP contribution is -2.35. The molecule has 3 aromatic heterocycles. The van der Waals surface area contributed by atoms with Crippen LogP contribution in [-0.4, -0.2) is 46.7 Å². The number of carbonyl (C=O) groups is 1. The molecule has 0 saturated heterocycles. The lowest BCUT2D eigenvalue weighted by Gasteiger charge is -2.24. The zero-order valence-electron chi connectivity index (χ0n) is 13.4. The molecule has 0 aromatic carbocycles. The molecule has 0 saturated carbocycles. The third kappa shape index (κ3) is 3.12. The smallest absolute Gasteiger partial charge is 0.257 e. The van der Waals surface area contributed by atoms with Crippen molar-refractivity contribution in [2.75, 3.05) is 6.54 Å². The summed E-state index contributed by atoms with van der Waals surface area (Å²) < 4.78 is 17.7. The lowest BCUT2D eigenvalue weighted by molar-refractivity contribution is 0.0707. The van der Waals surface area contributed by atoms with Gasteiger partial charge in [-0.2, -0.15) is 5.10 Å².